The molecule has 2 heterocycles. The van der Waals surface area contributed by atoms with Crippen LogP contribution in [0.4, 0.5) is 0 Å². The topological polar surface area (TPSA) is 168 Å². The second-order valence-corrected chi connectivity index (χ2v) is 8.78. The Morgan fingerprint density at radius 2 is 1.62 bits per heavy atom. The fourth-order valence-electron chi connectivity index (χ4n) is 4.60. The molecule has 7 atom stereocenters. The van der Waals surface area contributed by atoms with Crippen LogP contribution in [0.2, 0.25) is 0 Å². The van der Waals surface area contributed by atoms with Gasteiger partial charge in [-0.25, -0.2) is 0 Å². The molecule has 0 radical (unpaired) electrons. The van der Waals surface area contributed by atoms with E-state index in [4.69, 9.17) is 28.8 Å². The lowest BCUT2D eigenvalue weighted by atomic mass is 9.90. The summed E-state index contributed by atoms with van der Waals surface area (Å²) in [5.41, 5.74) is 2.21. The van der Waals surface area contributed by atoms with Crippen molar-refractivity contribution < 1.29 is 54.3 Å². The molecular formula is C26H32O11. The Morgan fingerprint density at radius 1 is 0.865 bits per heavy atom. The average molecular weight is 521 g/mol. The van der Waals surface area contributed by atoms with Crippen molar-refractivity contribution in [1.29, 1.82) is 0 Å². The number of methoxy groups -OCH3 is 2. The summed E-state index contributed by atoms with van der Waals surface area (Å²) in [6.45, 7) is -0.900. The quantitative estimate of drug-likeness (QED) is 0.265. The van der Waals surface area contributed by atoms with E-state index in [-0.39, 0.29) is 24.7 Å². The van der Waals surface area contributed by atoms with Gasteiger partial charge < -0.3 is 54.3 Å². The Hall–Kier alpha value is -2.90. The summed E-state index contributed by atoms with van der Waals surface area (Å²) < 4.78 is 28.4. The minimum absolute atomic E-state index is 0.112. The van der Waals surface area contributed by atoms with Crippen LogP contribution in [0.1, 0.15) is 28.7 Å². The first-order valence-corrected chi connectivity index (χ1v) is 11.8. The predicted octanol–water partition coefficient (Wildman–Crippen LogP) is 0.0976. The summed E-state index contributed by atoms with van der Waals surface area (Å²) in [6.07, 6.45) is -4.38. The van der Waals surface area contributed by atoms with Crippen molar-refractivity contribution in [3.05, 3.63) is 53.1 Å². The highest BCUT2D eigenvalue weighted by molar-refractivity contribution is 5.62. The number of ether oxygens (including phenoxy) is 5. The maximum Gasteiger partial charge on any atom is 0.229 e. The minimum Gasteiger partial charge on any atom is -0.493 e. The van der Waals surface area contributed by atoms with Crippen molar-refractivity contribution >= 4 is 6.08 Å². The van der Waals surface area contributed by atoms with Crippen LogP contribution in [0.25, 0.3) is 6.08 Å². The van der Waals surface area contributed by atoms with Crippen LogP contribution in [0, 0.1) is 0 Å². The van der Waals surface area contributed by atoms with E-state index in [1.54, 1.807) is 36.4 Å². The van der Waals surface area contributed by atoms with Crippen molar-refractivity contribution in [3.63, 3.8) is 0 Å². The molecular weight excluding hydrogens is 488 g/mol. The maximum absolute atomic E-state index is 10.3. The lowest BCUT2D eigenvalue weighted by molar-refractivity contribution is -0.277. The molecule has 0 bridgehead atoms. The van der Waals surface area contributed by atoms with Gasteiger partial charge in [0.15, 0.2) is 23.0 Å². The zero-order chi connectivity index (χ0) is 26.7. The van der Waals surface area contributed by atoms with Crippen LogP contribution < -0.4 is 18.9 Å². The third-order valence-corrected chi connectivity index (χ3v) is 6.56. The van der Waals surface area contributed by atoms with E-state index in [2.05, 4.69) is 0 Å². The van der Waals surface area contributed by atoms with E-state index in [1.165, 1.54) is 14.2 Å². The molecule has 1 fully saturated rings. The number of hydrogen-bond acceptors (Lipinski definition) is 11. The normalized spacial score (nSPS) is 29.1. The molecule has 1 saturated heterocycles. The molecule has 0 spiro atoms. The molecule has 0 unspecified atom stereocenters. The Kier molecular flexibility index (Phi) is 8.55. The van der Waals surface area contributed by atoms with Crippen molar-refractivity contribution in [2.24, 2.45) is 0 Å². The van der Waals surface area contributed by atoms with Crippen molar-refractivity contribution in [3.8, 4) is 23.0 Å². The Labute approximate surface area is 213 Å². The second-order valence-electron chi connectivity index (χ2n) is 8.78. The van der Waals surface area contributed by atoms with Crippen molar-refractivity contribution in [2.75, 3.05) is 34.0 Å². The molecule has 2 aromatic rings. The van der Waals surface area contributed by atoms with Gasteiger partial charge in [-0.3, -0.25) is 0 Å². The van der Waals surface area contributed by atoms with Crippen molar-refractivity contribution in [1.82, 2.24) is 0 Å². The molecule has 11 heteroatoms. The Bertz CT molecular complexity index is 1100. The predicted molar refractivity (Wildman–Crippen MR) is 130 cm³/mol. The second kappa shape index (κ2) is 11.7. The number of aliphatic hydroxyl groups excluding tert-OH is 6. The average Bonchev–Trinajstić information content (AvgIpc) is 3.30. The fourth-order valence-corrected chi connectivity index (χ4v) is 4.60. The number of rotatable bonds is 9. The minimum atomic E-state index is -1.58. The highest BCUT2D eigenvalue weighted by Crippen LogP contribution is 2.51. The van der Waals surface area contributed by atoms with E-state index in [9.17, 15) is 25.5 Å². The molecule has 2 aliphatic heterocycles. The largest absolute Gasteiger partial charge is 0.493 e. The molecule has 0 amide bonds. The molecule has 0 aliphatic carbocycles. The van der Waals surface area contributed by atoms with Gasteiger partial charge in [0.2, 0.25) is 6.29 Å². The monoisotopic (exact) mass is 520 g/mol. The van der Waals surface area contributed by atoms with Gasteiger partial charge >= 0.3 is 0 Å². The van der Waals surface area contributed by atoms with Gasteiger partial charge in [0.25, 0.3) is 0 Å². The number of fused-ring (bicyclic) bond motifs is 1. The van der Waals surface area contributed by atoms with Gasteiger partial charge in [-0.15, -0.1) is 0 Å². The summed E-state index contributed by atoms with van der Waals surface area (Å²) in [5, 5.41) is 59.1. The Morgan fingerprint density at radius 3 is 2.27 bits per heavy atom. The first-order chi connectivity index (χ1) is 17.9. The first kappa shape index (κ1) is 27.1. The zero-order valence-electron chi connectivity index (χ0n) is 20.4. The van der Waals surface area contributed by atoms with Gasteiger partial charge in [-0.05, 0) is 35.4 Å². The van der Waals surface area contributed by atoms with Crippen LogP contribution in [0.5, 0.6) is 23.0 Å². The smallest absolute Gasteiger partial charge is 0.229 e. The lowest BCUT2D eigenvalue weighted by Crippen LogP contribution is -2.60. The molecule has 0 saturated carbocycles. The number of aliphatic hydroxyl groups is 6. The van der Waals surface area contributed by atoms with E-state index < -0.39 is 49.3 Å². The van der Waals surface area contributed by atoms with Crippen LogP contribution in [-0.4, -0.2) is 95.4 Å². The molecule has 202 valence electrons. The number of hydrogen-bond donors (Lipinski definition) is 6. The molecule has 0 aromatic heterocycles. The SMILES string of the molecule is COc1cc([C@@H]2Oc3c(OC)cc(C=CCO)cc3[C@H]2CO)ccc1O[C@H]1O[C@H](CO)[C@@H](O)[C@@H](O)[C@@H]1O. The summed E-state index contributed by atoms with van der Waals surface area (Å²) in [6, 6.07) is 8.60. The van der Waals surface area contributed by atoms with Gasteiger partial charge in [0.1, 0.15) is 30.5 Å². The number of benzene rings is 2. The van der Waals surface area contributed by atoms with Crippen LogP contribution in [0.3, 0.4) is 0 Å². The van der Waals surface area contributed by atoms with Gasteiger partial charge in [0, 0.05) is 5.56 Å². The first-order valence-electron chi connectivity index (χ1n) is 11.8. The maximum atomic E-state index is 10.3. The molecule has 11 nitrogen and oxygen atoms in total. The van der Waals surface area contributed by atoms with Gasteiger partial charge in [-0.1, -0.05) is 18.2 Å². The van der Waals surface area contributed by atoms with E-state index in [0.29, 0.717) is 17.1 Å². The summed E-state index contributed by atoms with van der Waals surface area (Å²) in [4.78, 5) is 0. The molecule has 37 heavy (non-hydrogen) atoms. The molecule has 2 aliphatic rings. The molecule has 6 N–H and O–H groups in total. The fraction of sp³-hybridized carbons (Fsp3) is 0.462. The van der Waals surface area contributed by atoms with Crippen LogP contribution in [-0.2, 0) is 4.74 Å². The summed E-state index contributed by atoms with van der Waals surface area (Å²) in [5.74, 6) is 1.03. The van der Waals surface area contributed by atoms with Gasteiger partial charge in [0.05, 0.1) is 40.0 Å². The van der Waals surface area contributed by atoms with Crippen LogP contribution >= 0.6 is 0 Å². The van der Waals surface area contributed by atoms with E-state index in [0.717, 1.165) is 11.1 Å². The van der Waals surface area contributed by atoms with Crippen LogP contribution in [0.15, 0.2) is 36.4 Å². The van der Waals surface area contributed by atoms with Gasteiger partial charge in [-0.2, -0.15) is 0 Å². The highest BCUT2D eigenvalue weighted by Gasteiger charge is 2.45. The third kappa shape index (κ3) is 5.25. The zero-order valence-corrected chi connectivity index (χ0v) is 20.4. The Balaban J connectivity index is 1.61. The molecule has 2 aromatic carbocycles. The molecule has 4 rings (SSSR count). The van der Waals surface area contributed by atoms with E-state index in [1.807, 2.05) is 6.07 Å². The standard InChI is InChI=1S/C26H32O11/c1-33-18-10-14(5-6-17(18)35-26-23(32)22(31)21(30)20(12-29)36-26)24-16(11-28)15-8-13(4-3-7-27)9-19(34-2)25(15)37-24/h3-6,8-10,16,20-24,26-32H,7,11-12H2,1-2H3/t16-,20-,21-,22-,23+,24+,26+/m1/s1. The summed E-state index contributed by atoms with van der Waals surface area (Å²) >= 11 is 0. The van der Waals surface area contributed by atoms with Crippen molar-refractivity contribution in [2.45, 2.75) is 42.7 Å². The lowest BCUT2D eigenvalue weighted by Gasteiger charge is -2.39. The highest BCUT2D eigenvalue weighted by atomic mass is 16.7. The third-order valence-electron chi connectivity index (χ3n) is 6.56. The van der Waals surface area contributed by atoms with E-state index >= 15 is 0 Å². The summed E-state index contributed by atoms with van der Waals surface area (Å²) in [7, 11) is 2.95.